The van der Waals surface area contributed by atoms with Crippen molar-refractivity contribution in [1.29, 1.82) is 0 Å². The highest BCUT2D eigenvalue weighted by atomic mass is 16.5. The summed E-state index contributed by atoms with van der Waals surface area (Å²) in [5.74, 6) is 1.90. The number of hydrogen-bond donors (Lipinski definition) is 2. The molecule has 0 bridgehead atoms. The first-order valence-electron chi connectivity index (χ1n) is 10.6. The highest BCUT2D eigenvalue weighted by Crippen LogP contribution is 2.48. The zero-order valence-electron chi connectivity index (χ0n) is 17.4. The number of ether oxygens (including phenoxy) is 2. The van der Waals surface area contributed by atoms with Crippen molar-refractivity contribution in [1.82, 2.24) is 10.4 Å². The van der Waals surface area contributed by atoms with Crippen molar-refractivity contribution in [3.63, 3.8) is 0 Å². The lowest BCUT2D eigenvalue weighted by atomic mass is 9.92. The van der Waals surface area contributed by atoms with Gasteiger partial charge in [-0.1, -0.05) is 30.3 Å². The van der Waals surface area contributed by atoms with Gasteiger partial charge >= 0.3 is 0 Å². The van der Waals surface area contributed by atoms with E-state index in [0.29, 0.717) is 6.04 Å². The minimum atomic E-state index is -0.322. The maximum absolute atomic E-state index is 6.73. The third-order valence-electron chi connectivity index (χ3n) is 6.71. The van der Waals surface area contributed by atoms with E-state index in [-0.39, 0.29) is 11.8 Å². The van der Waals surface area contributed by atoms with E-state index in [1.54, 1.807) is 12.0 Å². The second-order valence-corrected chi connectivity index (χ2v) is 8.61. The van der Waals surface area contributed by atoms with Gasteiger partial charge in [-0.2, -0.15) is 5.01 Å². The molecule has 2 aromatic carbocycles. The van der Waals surface area contributed by atoms with Crippen LogP contribution in [-0.4, -0.2) is 37.0 Å². The number of rotatable bonds is 3. The van der Waals surface area contributed by atoms with Crippen LogP contribution in [-0.2, 0) is 0 Å². The van der Waals surface area contributed by atoms with Gasteiger partial charge in [0, 0.05) is 11.1 Å². The van der Waals surface area contributed by atoms with Crippen LogP contribution in [0.3, 0.4) is 0 Å². The highest BCUT2D eigenvalue weighted by Gasteiger charge is 2.53. The summed E-state index contributed by atoms with van der Waals surface area (Å²) in [6, 6.07) is 17.5. The van der Waals surface area contributed by atoms with E-state index < -0.39 is 0 Å². The topological polar surface area (TPSA) is 38.2 Å². The number of likely N-dealkylation sites (tertiary alicyclic amines) is 1. The zero-order valence-corrected chi connectivity index (χ0v) is 17.4. The number of methoxy groups -OCH3 is 1. The van der Waals surface area contributed by atoms with Crippen LogP contribution in [0, 0.1) is 0 Å². The molecule has 0 unspecified atom stereocenters. The molecule has 5 heteroatoms. The summed E-state index contributed by atoms with van der Waals surface area (Å²) < 4.78 is 12.4. The Morgan fingerprint density at radius 1 is 1.10 bits per heavy atom. The van der Waals surface area contributed by atoms with Gasteiger partial charge in [0.1, 0.15) is 11.5 Å². The molecule has 0 radical (unpaired) electrons. The van der Waals surface area contributed by atoms with Gasteiger partial charge in [0.15, 0.2) is 5.72 Å². The summed E-state index contributed by atoms with van der Waals surface area (Å²) in [7, 11) is 1.73. The molecule has 3 aliphatic rings. The van der Waals surface area contributed by atoms with E-state index in [4.69, 9.17) is 9.47 Å². The van der Waals surface area contributed by atoms with Gasteiger partial charge in [-0.25, -0.2) is 0 Å². The maximum atomic E-state index is 6.73. The third kappa shape index (κ3) is 3.00. The lowest BCUT2D eigenvalue weighted by Gasteiger charge is -2.51. The average Bonchev–Trinajstić information content (AvgIpc) is 3.21. The molecule has 0 aromatic heterocycles. The Morgan fingerprint density at radius 2 is 1.83 bits per heavy atom. The molecule has 5 nitrogen and oxygen atoms in total. The van der Waals surface area contributed by atoms with Gasteiger partial charge in [-0.15, -0.1) is 0 Å². The fourth-order valence-electron chi connectivity index (χ4n) is 5.02. The molecular weight excluding hydrogens is 362 g/mol. The second-order valence-electron chi connectivity index (χ2n) is 8.61. The lowest BCUT2D eigenvalue weighted by Crippen LogP contribution is -3.16. The van der Waals surface area contributed by atoms with Crippen molar-refractivity contribution in [2.75, 3.05) is 20.2 Å². The van der Waals surface area contributed by atoms with Crippen LogP contribution in [0.5, 0.6) is 11.5 Å². The van der Waals surface area contributed by atoms with E-state index in [1.807, 2.05) is 12.1 Å². The van der Waals surface area contributed by atoms with Crippen molar-refractivity contribution < 1.29 is 14.4 Å². The van der Waals surface area contributed by atoms with Gasteiger partial charge < -0.3 is 19.8 Å². The number of benzene rings is 2. The number of nitrogens with one attached hydrogen (secondary N) is 2. The molecule has 2 N–H and O–H groups in total. The maximum Gasteiger partial charge on any atom is 0.191 e. The Hall–Kier alpha value is -2.50. The first-order valence-corrected chi connectivity index (χ1v) is 10.6. The Balaban J connectivity index is 1.53. The second kappa shape index (κ2) is 7.08. The molecule has 0 aliphatic carbocycles. The highest BCUT2D eigenvalue weighted by molar-refractivity contribution is 5.72. The van der Waals surface area contributed by atoms with Gasteiger partial charge in [0.25, 0.3) is 0 Å². The molecular formula is C24H30N3O2+. The van der Waals surface area contributed by atoms with Crippen LogP contribution < -0.4 is 19.8 Å². The van der Waals surface area contributed by atoms with E-state index in [9.17, 15) is 0 Å². The summed E-state index contributed by atoms with van der Waals surface area (Å²) in [5, 5.41) is 2.36. The quantitative estimate of drug-likeness (QED) is 0.843. The van der Waals surface area contributed by atoms with E-state index in [2.05, 4.69) is 66.8 Å². The molecule has 0 saturated carbocycles. The van der Waals surface area contributed by atoms with Gasteiger partial charge in [0.05, 0.1) is 50.8 Å². The largest absolute Gasteiger partial charge is 0.496 e. The number of nitrogens with zero attached hydrogens (tertiary/aromatic N) is 1. The number of para-hydroxylation sites is 2. The van der Waals surface area contributed by atoms with Crippen molar-refractivity contribution in [3.05, 3.63) is 65.7 Å². The molecule has 3 heterocycles. The first kappa shape index (κ1) is 18.5. The molecule has 2 aromatic rings. The predicted molar refractivity (Wildman–Crippen MR) is 114 cm³/mol. The standard InChI is InChI=1S/C24H29N3O2/c1-17(2)26-14-12-24(13-15-26)27-21(19-9-5-7-11-23(19)29-24)16-20(25-27)18-8-4-6-10-22(18)28-3/h4-11,16-17,21,25H,12-15H2,1-3H3/p+1/t21-/m1/s1. The van der Waals surface area contributed by atoms with Crippen molar-refractivity contribution in [2.45, 2.75) is 44.5 Å². The smallest absolute Gasteiger partial charge is 0.191 e. The SMILES string of the molecule is COc1ccccc1C1=C[C@@H]2c3ccccc3OC3(CC[NH+](C(C)C)CC3)N2N1. The molecule has 1 atom stereocenters. The third-order valence-corrected chi connectivity index (χ3v) is 6.71. The van der Waals surface area contributed by atoms with Crippen molar-refractivity contribution in [3.8, 4) is 11.5 Å². The monoisotopic (exact) mass is 392 g/mol. The molecule has 152 valence electrons. The van der Waals surface area contributed by atoms with Gasteiger partial charge in [-0.05, 0) is 38.1 Å². The first-order chi connectivity index (χ1) is 14.1. The Morgan fingerprint density at radius 3 is 2.59 bits per heavy atom. The minimum absolute atomic E-state index is 0.153. The molecule has 1 saturated heterocycles. The van der Waals surface area contributed by atoms with Crippen LogP contribution >= 0.6 is 0 Å². The minimum Gasteiger partial charge on any atom is -0.496 e. The predicted octanol–water partition coefficient (Wildman–Crippen LogP) is 2.77. The van der Waals surface area contributed by atoms with Crippen molar-refractivity contribution >= 4 is 5.70 Å². The van der Waals surface area contributed by atoms with Crippen LogP contribution in [0.1, 0.15) is 43.9 Å². The number of fused-ring (bicyclic) bond motifs is 4. The van der Waals surface area contributed by atoms with Crippen molar-refractivity contribution in [2.24, 2.45) is 0 Å². The van der Waals surface area contributed by atoms with Gasteiger partial charge in [-0.3, -0.25) is 0 Å². The Labute approximate surface area is 172 Å². The Bertz CT molecular complexity index is 931. The molecule has 0 amide bonds. The lowest BCUT2D eigenvalue weighted by molar-refractivity contribution is -0.929. The zero-order chi connectivity index (χ0) is 20.0. The van der Waals surface area contributed by atoms with E-state index in [0.717, 1.165) is 48.7 Å². The summed E-state index contributed by atoms with van der Waals surface area (Å²) in [6.45, 7) is 6.86. The van der Waals surface area contributed by atoms with Crippen LogP contribution in [0.4, 0.5) is 0 Å². The fraction of sp³-hybridized carbons (Fsp3) is 0.417. The van der Waals surface area contributed by atoms with E-state index in [1.165, 1.54) is 5.56 Å². The van der Waals surface area contributed by atoms with Crippen LogP contribution in [0.2, 0.25) is 0 Å². The molecule has 1 spiro atoms. The number of hydrazine groups is 1. The van der Waals surface area contributed by atoms with E-state index >= 15 is 0 Å². The summed E-state index contributed by atoms with van der Waals surface area (Å²) in [6.07, 6.45) is 4.33. The average molecular weight is 393 g/mol. The molecule has 5 rings (SSSR count). The molecule has 3 aliphatic heterocycles. The van der Waals surface area contributed by atoms with Gasteiger partial charge in [0.2, 0.25) is 0 Å². The normalized spacial score (nSPS) is 28.3. The summed E-state index contributed by atoms with van der Waals surface area (Å²) >= 11 is 0. The Kier molecular flexibility index (Phi) is 4.52. The summed E-state index contributed by atoms with van der Waals surface area (Å²) in [4.78, 5) is 1.66. The number of piperidine rings is 1. The number of quaternary nitrogens is 1. The van der Waals surface area contributed by atoms with Crippen LogP contribution in [0.25, 0.3) is 5.70 Å². The number of hydrogen-bond acceptors (Lipinski definition) is 4. The fourth-order valence-corrected chi connectivity index (χ4v) is 5.02. The molecule has 1 fully saturated rings. The summed E-state index contributed by atoms with van der Waals surface area (Å²) in [5.41, 5.74) is 6.78. The van der Waals surface area contributed by atoms with Crippen LogP contribution in [0.15, 0.2) is 54.6 Å². The molecule has 29 heavy (non-hydrogen) atoms.